The van der Waals surface area contributed by atoms with Crippen molar-refractivity contribution in [3.8, 4) is 0 Å². The summed E-state index contributed by atoms with van der Waals surface area (Å²) in [6, 6.07) is 7.31. The summed E-state index contributed by atoms with van der Waals surface area (Å²) in [5, 5.41) is 9.61. The number of likely N-dealkylation sites (tertiary alicyclic amines) is 2. The number of rotatable bonds is 4. The number of halogens is 1. The summed E-state index contributed by atoms with van der Waals surface area (Å²) in [5.41, 5.74) is 1.05. The zero-order valence-electron chi connectivity index (χ0n) is 13.7. The van der Waals surface area contributed by atoms with Gasteiger partial charge in [-0.05, 0) is 56.5 Å². The van der Waals surface area contributed by atoms with Crippen LogP contribution in [-0.4, -0.2) is 59.8 Å². The molecule has 0 aliphatic carbocycles. The molecule has 126 valence electrons. The van der Waals surface area contributed by atoms with Gasteiger partial charge in [0.1, 0.15) is 5.82 Å². The molecule has 23 heavy (non-hydrogen) atoms. The van der Waals surface area contributed by atoms with Gasteiger partial charge in [0, 0.05) is 25.7 Å². The smallest absolute Gasteiger partial charge is 0.123 e. The molecule has 0 unspecified atom stereocenters. The van der Waals surface area contributed by atoms with Gasteiger partial charge < -0.3 is 10.0 Å². The number of nitrogens with zero attached hydrogens (tertiary/aromatic N) is 2. The second kappa shape index (κ2) is 8.04. The number of benzene rings is 1. The van der Waals surface area contributed by atoms with Gasteiger partial charge in [0.15, 0.2) is 0 Å². The van der Waals surface area contributed by atoms with E-state index in [0.29, 0.717) is 6.04 Å². The first-order valence-corrected chi connectivity index (χ1v) is 8.77. The molecule has 0 aromatic heterocycles. The Labute approximate surface area is 138 Å². The number of aliphatic hydroxyl groups excluding tert-OH is 1. The van der Waals surface area contributed by atoms with Crippen LogP contribution in [0.3, 0.4) is 0 Å². The third-order valence-corrected chi connectivity index (χ3v) is 5.12. The van der Waals surface area contributed by atoms with E-state index in [1.165, 1.54) is 25.0 Å². The van der Waals surface area contributed by atoms with E-state index in [-0.39, 0.29) is 11.9 Å². The average Bonchev–Trinajstić information content (AvgIpc) is 2.58. The van der Waals surface area contributed by atoms with Gasteiger partial charge in [-0.25, -0.2) is 4.39 Å². The maximum Gasteiger partial charge on any atom is 0.123 e. The van der Waals surface area contributed by atoms with Crippen LogP contribution in [0, 0.1) is 5.82 Å². The number of aliphatic hydroxyl groups is 1. The molecule has 0 bridgehead atoms. The van der Waals surface area contributed by atoms with Crippen molar-refractivity contribution < 1.29 is 9.50 Å². The molecule has 2 fully saturated rings. The van der Waals surface area contributed by atoms with E-state index >= 15 is 0 Å². The first-order valence-electron chi connectivity index (χ1n) is 8.77. The highest BCUT2D eigenvalue weighted by Gasteiger charge is 2.27. The van der Waals surface area contributed by atoms with Gasteiger partial charge in [0.25, 0.3) is 0 Å². The Morgan fingerprint density at radius 3 is 2.30 bits per heavy atom. The molecule has 2 saturated heterocycles. The van der Waals surface area contributed by atoms with Crippen molar-refractivity contribution in [1.29, 1.82) is 0 Å². The van der Waals surface area contributed by atoms with E-state index in [1.807, 2.05) is 12.1 Å². The van der Waals surface area contributed by atoms with Crippen LogP contribution in [0.1, 0.15) is 31.2 Å². The molecule has 0 saturated carbocycles. The zero-order valence-corrected chi connectivity index (χ0v) is 13.7. The second-order valence-corrected chi connectivity index (χ2v) is 6.75. The highest BCUT2D eigenvalue weighted by molar-refractivity contribution is 5.48. The molecule has 2 aliphatic heterocycles. The Morgan fingerprint density at radius 2 is 1.65 bits per heavy atom. The average molecular weight is 318 g/mol. The molecule has 0 spiro atoms. The fraction of sp³-hybridized carbons (Fsp3) is 0.579. The number of piperidine rings is 2. The predicted molar refractivity (Wildman–Crippen MR) is 91.7 cm³/mol. The Hall–Kier alpha value is -1.23. The van der Waals surface area contributed by atoms with Gasteiger partial charge in [-0.2, -0.15) is 0 Å². The predicted octanol–water partition coefficient (Wildman–Crippen LogP) is 2.76. The molecule has 3 nitrogen and oxygen atoms in total. The van der Waals surface area contributed by atoms with Gasteiger partial charge >= 0.3 is 0 Å². The summed E-state index contributed by atoms with van der Waals surface area (Å²) in [7, 11) is 0. The monoisotopic (exact) mass is 318 g/mol. The molecule has 1 N–H and O–H groups in total. The summed E-state index contributed by atoms with van der Waals surface area (Å²) < 4.78 is 12.9. The summed E-state index contributed by atoms with van der Waals surface area (Å²) in [4.78, 5) is 5.05. The van der Waals surface area contributed by atoms with Crippen LogP contribution in [0.2, 0.25) is 0 Å². The summed E-state index contributed by atoms with van der Waals surface area (Å²) >= 11 is 0. The molecule has 0 radical (unpaired) electrons. The van der Waals surface area contributed by atoms with Gasteiger partial charge in [-0.3, -0.25) is 4.90 Å². The minimum atomic E-state index is -0.186. The maximum atomic E-state index is 12.9. The third-order valence-electron chi connectivity index (χ3n) is 5.12. The molecular formula is C19H27FN2O. The lowest BCUT2D eigenvalue weighted by atomic mass is 9.99. The standard InChI is InChI=1S/C19H27FN2O/c20-17-5-3-16(4-6-17)2-1-11-21-12-7-18(8-13-21)22-14-9-19(23)10-15-22/h1-6,18-19,23H,7-15H2. The summed E-state index contributed by atoms with van der Waals surface area (Å²) in [6.07, 6.45) is 8.47. The van der Waals surface area contributed by atoms with Crippen LogP contribution in [0.4, 0.5) is 4.39 Å². The van der Waals surface area contributed by atoms with Crippen molar-refractivity contribution in [3.05, 3.63) is 41.7 Å². The van der Waals surface area contributed by atoms with Crippen LogP contribution >= 0.6 is 0 Å². The maximum absolute atomic E-state index is 12.9. The Kier molecular flexibility index (Phi) is 5.81. The summed E-state index contributed by atoms with van der Waals surface area (Å²) in [6.45, 7) is 5.34. The van der Waals surface area contributed by atoms with Crippen LogP contribution in [0.5, 0.6) is 0 Å². The van der Waals surface area contributed by atoms with Crippen molar-refractivity contribution >= 4 is 6.08 Å². The molecule has 0 amide bonds. The van der Waals surface area contributed by atoms with Crippen LogP contribution in [0.25, 0.3) is 6.08 Å². The second-order valence-electron chi connectivity index (χ2n) is 6.75. The highest BCUT2D eigenvalue weighted by atomic mass is 19.1. The molecular weight excluding hydrogens is 291 g/mol. The van der Waals surface area contributed by atoms with E-state index in [2.05, 4.69) is 22.0 Å². The van der Waals surface area contributed by atoms with Crippen molar-refractivity contribution in [2.75, 3.05) is 32.7 Å². The lowest BCUT2D eigenvalue weighted by Gasteiger charge is -2.40. The van der Waals surface area contributed by atoms with Gasteiger partial charge in [-0.15, -0.1) is 0 Å². The third kappa shape index (κ3) is 4.87. The van der Waals surface area contributed by atoms with Gasteiger partial charge in [0.05, 0.1) is 6.10 Å². The largest absolute Gasteiger partial charge is 0.393 e. The van der Waals surface area contributed by atoms with Crippen molar-refractivity contribution in [3.63, 3.8) is 0 Å². The van der Waals surface area contributed by atoms with Crippen LogP contribution < -0.4 is 0 Å². The van der Waals surface area contributed by atoms with Crippen molar-refractivity contribution in [2.45, 2.75) is 37.8 Å². The lowest BCUT2D eigenvalue weighted by molar-refractivity contribution is 0.0402. The van der Waals surface area contributed by atoms with E-state index in [4.69, 9.17) is 0 Å². The Morgan fingerprint density at radius 1 is 1.00 bits per heavy atom. The first kappa shape index (κ1) is 16.6. The highest BCUT2D eigenvalue weighted by Crippen LogP contribution is 2.21. The molecule has 3 rings (SSSR count). The molecule has 0 atom stereocenters. The molecule has 1 aromatic carbocycles. The fourth-order valence-electron chi connectivity index (χ4n) is 3.63. The molecule has 1 aromatic rings. The van der Waals surface area contributed by atoms with E-state index in [9.17, 15) is 9.50 Å². The SMILES string of the molecule is OC1CCN(C2CCN(CC=Cc3ccc(F)cc3)CC2)CC1. The first-order chi connectivity index (χ1) is 11.2. The van der Waals surface area contributed by atoms with Crippen LogP contribution in [0.15, 0.2) is 30.3 Å². The van der Waals surface area contributed by atoms with E-state index < -0.39 is 0 Å². The normalized spacial score (nSPS) is 22.9. The number of hydrogen-bond acceptors (Lipinski definition) is 3. The lowest BCUT2D eigenvalue weighted by Crippen LogP contribution is -2.48. The van der Waals surface area contributed by atoms with Crippen molar-refractivity contribution in [2.24, 2.45) is 0 Å². The van der Waals surface area contributed by atoms with Gasteiger partial charge in [0.2, 0.25) is 0 Å². The molecule has 2 heterocycles. The van der Waals surface area contributed by atoms with Crippen LogP contribution in [-0.2, 0) is 0 Å². The van der Waals surface area contributed by atoms with E-state index in [1.54, 1.807) is 0 Å². The Bertz CT molecular complexity index is 501. The molecule has 4 heteroatoms. The number of hydrogen-bond donors (Lipinski definition) is 1. The summed E-state index contributed by atoms with van der Waals surface area (Å²) in [5.74, 6) is -0.186. The molecule has 2 aliphatic rings. The zero-order chi connectivity index (χ0) is 16.1. The fourth-order valence-corrected chi connectivity index (χ4v) is 3.63. The topological polar surface area (TPSA) is 26.7 Å². The van der Waals surface area contributed by atoms with E-state index in [0.717, 1.165) is 51.1 Å². The minimum absolute atomic E-state index is 0.0806. The van der Waals surface area contributed by atoms with Gasteiger partial charge in [-0.1, -0.05) is 24.3 Å². The quantitative estimate of drug-likeness (QED) is 0.925. The Balaban J connectivity index is 1.40. The minimum Gasteiger partial charge on any atom is -0.393 e. The van der Waals surface area contributed by atoms with Crippen molar-refractivity contribution in [1.82, 2.24) is 9.80 Å².